The molecule has 1 aromatic rings. The van der Waals surface area contributed by atoms with E-state index in [9.17, 15) is 0 Å². The first-order valence-electron chi connectivity index (χ1n) is 5.52. The van der Waals surface area contributed by atoms with E-state index in [1.165, 1.54) is 0 Å². The maximum Gasteiger partial charge on any atom is 0.188 e. The number of aryl methyl sites for hydroxylation is 1. The second-order valence-corrected chi connectivity index (χ2v) is 4.35. The van der Waals surface area contributed by atoms with Gasteiger partial charge in [0.1, 0.15) is 0 Å². The van der Waals surface area contributed by atoms with Crippen molar-refractivity contribution in [2.75, 3.05) is 6.54 Å². The van der Waals surface area contributed by atoms with Crippen LogP contribution in [0.15, 0.2) is 23.5 Å². The highest BCUT2D eigenvalue weighted by atomic mass is 15.1. The molecule has 4 heteroatoms. The zero-order chi connectivity index (χ0) is 12.0. The van der Waals surface area contributed by atoms with E-state index < -0.39 is 0 Å². The van der Waals surface area contributed by atoms with Crippen LogP contribution in [-0.2, 0) is 6.54 Å². The summed E-state index contributed by atoms with van der Waals surface area (Å²) in [5.74, 6) is 1.06. The molecule has 1 heterocycles. The molecule has 0 aliphatic carbocycles. The average molecular weight is 220 g/mol. The summed E-state index contributed by atoms with van der Waals surface area (Å²) in [7, 11) is 0. The van der Waals surface area contributed by atoms with Crippen LogP contribution in [-0.4, -0.2) is 17.5 Å². The summed E-state index contributed by atoms with van der Waals surface area (Å²) in [6, 6.07) is 2.06. The highest BCUT2D eigenvalue weighted by Gasteiger charge is 1.96. The predicted octanol–water partition coefficient (Wildman–Crippen LogP) is 1.45. The van der Waals surface area contributed by atoms with Crippen molar-refractivity contribution >= 4 is 5.96 Å². The van der Waals surface area contributed by atoms with Gasteiger partial charge in [-0.05, 0) is 24.0 Å². The first-order valence-corrected chi connectivity index (χ1v) is 5.52. The third-order valence-corrected chi connectivity index (χ3v) is 2.05. The highest BCUT2D eigenvalue weighted by molar-refractivity contribution is 5.77. The summed E-state index contributed by atoms with van der Waals surface area (Å²) in [5, 5.41) is 3.07. The van der Waals surface area contributed by atoms with Crippen molar-refractivity contribution in [3.05, 3.63) is 29.6 Å². The van der Waals surface area contributed by atoms with Crippen molar-refractivity contribution in [3.8, 4) is 0 Å². The molecule has 0 atom stereocenters. The predicted molar refractivity (Wildman–Crippen MR) is 67.1 cm³/mol. The van der Waals surface area contributed by atoms with Gasteiger partial charge in [0, 0.05) is 18.9 Å². The maximum atomic E-state index is 5.73. The maximum absolute atomic E-state index is 5.73. The third-order valence-electron chi connectivity index (χ3n) is 2.05. The Kier molecular flexibility index (Phi) is 4.76. The molecule has 0 aliphatic heterocycles. The lowest BCUT2D eigenvalue weighted by molar-refractivity contribution is 0.622. The minimum Gasteiger partial charge on any atom is -0.370 e. The molecule has 3 N–H and O–H groups in total. The summed E-state index contributed by atoms with van der Waals surface area (Å²) in [5.41, 5.74) is 7.94. The SMILES string of the molecule is Cc1cncc(CN=C(N)NCC(C)C)c1. The van der Waals surface area contributed by atoms with Crippen LogP contribution in [0, 0.1) is 12.8 Å². The minimum atomic E-state index is 0.496. The molecule has 0 amide bonds. The Morgan fingerprint density at radius 2 is 2.25 bits per heavy atom. The highest BCUT2D eigenvalue weighted by Crippen LogP contribution is 2.02. The molecule has 0 spiro atoms. The van der Waals surface area contributed by atoms with E-state index in [4.69, 9.17) is 5.73 Å². The molecule has 0 saturated carbocycles. The Morgan fingerprint density at radius 3 is 2.88 bits per heavy atom. The van der Waals surface area contributed by atoms with E-state index in [2.05, 4.69) is 35.2 Å². The Hall–Kier alpha value is -1.58. The summed E-state index contributed by atoms with van der Waals surface area (Å²) < 4.78 is 0. The molecule has 0 saturated heterocycles. The van der Waals surface area contributed by atoms with Gasteiger partial charge in [0.2, 0.25) is 0 Å². The van der Waals surface area contributed by atoms with Gasteiger partial charge in [0.05, 0.1) is 6.54 Å². The van der Waals surface area contributed by atoms with Crippen LogP contribution in [0.1, 0.15) is 25.0 Å². The molecule has 1 aromatic heterocycles. The monoisotopic (exact) mass is 220 g/mol. The topological polar surface area (TPSA) is 63.3 Å². The van der Waals surface area contributed by atoms with Gasteiger partial charge >= 0.3 is 0 Å². The molecule has 0 bridgehead atoms. The lowest BCUT2D eigenvalue weighted by Gasteiger charge is -2.07. The molecule has 88 valence electrons. The summed E-state index contributed by atoms with van der Waals surface area (Å²) in [6.07, 6.45) is 3.64. The van der Waals surface area contributed by atoms with Gasteiger partial charge in [-0.3, -0.25) is 4.98 Å². The summed E-state index contributed by atoms with van der Waals surface area (Å²) >= 11 is 0. The van der Waals surface area contributed by atoms with Gasteiger partial charge in [0.25, 0.3) is 0 Å². The van der Waals surface area contributed by atoms with Gasteiger partial charge in [-0.25, -0.2) is 4.99 Å². The Balaban J connectivity index is 2.46. The quantitative estimate of drug-likeness (QED) is 0.596. The number of guanidine groups is 1. The van der Waals surface area contributed by atoms with Crippen LogP contribution in [0.5, 0.6) is 0 Å². The van der Waals surface area contributed by atoms with E-state index in [0.29, 0.717) is 18.4 Å². The Morgan fingerprint density at radius 1 is 1.50 bits per heavy atom. The van der Waals surface area contributed by atoms with Gasteiger partial charge < -0.3 is 11.1 Å². The number of rotatable bonds is 4. The lowest BCUT2D eigenvalue weighted by Crippen LogP contribution is -2.34. The number of nitrogens with two attached hydrogens (primary N) is 1. The van der Waals surface area contributed by atoms with E-state index in [1.807, 2.05) is 19.3 Å². The molecule has 16 heavy (non-hydrogen) atoms. The molecular weight excluding hydrogens is 200 g/mol. The standard InChI is InChI=1S/C12H20N4/c1-9(2)5-15-12(13)16-8-11-4-10(3)6-14-7-11/h4,6-7,9H,5,8H2,1-3H3,(H3,13,15,16). The van der Waals surface area contributed by atoms with Crippen molar-refractivity contribution in [1.29, 1.82) is 0 Å². The zero-order valence-electron chi connectivity index (χ0n) is 10.2. The zero-order valence-corrected chi connectivity index (χ0v) is 10.2. The molecule has 0 fully saturated rings. The molecule has 1 rings (SSSR count). The second kappa shape index (κ2) is 6.10. The number of aromatic nitrogens is 1. The van der Waals surface area contributed by atoms with E-state index in [-0.39, 0.29) is 0 Å². The van der Waals surface area contributed by atoms with Crippen LogP contribution >= 0.6 is 0 Å². The van der Waals surface area contributed by atoms with Crippen LogP contribution in [0.25, 0.3) is 0 Å². The van der Waals surface area contributed by atoms with Crippen LogP contribution < -0.4 is 11.1 Å². The van der Waals surface area contributed by atoms with Crippen LogP contribution in [0.3, 0.4) is 0 Å². The molecular formula is C12H20N4. The van der Waals surface area contributed by atoms with Gasteiger partial charge in [-0.2, -0.15) is 0 Å². The fourth-order valence-electron chi connectivity index (χ4n) is 1.25. The van der Waals surface area contributed by atoms with Crippen molar-refractivity contribution in [2.45, 2.75) is 27.3 Å². The van der Waals surface area contributed by atoms with Crippen molar-refractivity contribution in [1.82, 2.24) is 10.3 Å². The first-order chi connectivity index (χ1) is 7.58. The van der Waals surface area contributed by atoms with Gasteiger partial charge in [-0.1, -0.05) is 19.9 Å². The Labute approximate surface area is 97.0 Å². The van der Waals surface area contributed by atoms with Crippen molar-refractivity contribution in [2.24, 2.45) is 16.6 Å². The van der Waals surface area contributed by atoms with Crippen LogP contribution in [0.4, 0.5) is 0 Å². The van der Waals surface area contributed by atoms with E-state index in [1.54, 1.807) is 0 Å². The minimum absolute atomic E-state index is 0.496. The van der Waals surface area contributed by atoms with E-state index in [0.717, 1.165) is 17.7 Å². The average Bonchev–Trinajstić information content (AvgIpc) is 2.23. The van der Waals surface area contributed by atoms with Gasteiger partial charge in [0.15, 0.2) is 5.96 Å². The number of aliphatic imine (C=N–C) groups is 1. The molecule has 4 nitrogen and oxygen atoms in total. The second-order valence-electron chi connectivity index (χ2n) is 4.35. The largest absolute Gasteiger partial charge is 0.370 e. The number of nitrogens with one attached hydrogen (secondary N) is 1. The van der Waals surface area contributed by atoms with E-state index >= 15 is 0 Å². The Bertz CT molecular complexity index is 358. The molecule has 0 aromatic carbocycles. The molecule has 0 unspecified atom stereocenters. The van der Waals surface area contributed by atoms with Crippen molar-refractivity contribution in [3.63, 3.8) is 0 Å². The van der Waals surface area contributed by atoms with Gasteiger partial charge in [-0.15, -0.1) is 0 Å². The smallest absolute Gasteiger partial charge is 0.188 e. The summed E-state index contributed by atoms with van der Waals surface area (Å²) in [6.45, 7) is 7.70. The number of hydrogen-bond acceptors (Lipinski definition) is 2. The summed E-state index contributed by atoms with van der Waals surface area (Å²) in [4.78, 5) is 8.36. The lowest BCUT2D eigenvalue weighted by atomic mass is 10.2. The van der Waals surface area contributed by atoms with Crippen molar-refractivity contribution < 1.29 is 0 Å². The number of pyridine rings is 1. The molecule has 0 aliphatic rings. The third kappa shape index (κ3) is 4.77. The fraction of sp³-hybridized carbons (Fsp3) is 0.500. The molecule has 0 radical (unpaired) electrons. The van der Waals surface area contributed by atoms with Crippen LogP contribution in [0.2, 0.25) is 0 Å². The number of nitrogens with zero attached hydrogens (tertiary/aromatic N) is 2. The fourth-order valence-corrected chi connectivity index (χ4v) is 1.25. The number of hydrogen-bond donors (Lipinski definition) is 2. The first kappa shape index (κ1) is 12.5. The normalized spacial score (nSPS) is 11.9.